The summed E-state index contributed by atoms with van der Waals surface area (Å²) < 4.78 is 23.7. The summed E-state index contributed by atoms with van der Waals surface area (Å²) in [5, 5.41) is 3.01. The minimum atomic E-state index is -0.345. The maximum absolute atomic E-state index is 13.2. The number of benzene rings is 1. The second-order valence-corrected chi connectivity index (χ2v) is 4.24. The average molecular weight is 307 g/mol. The highest BCUT2D eigenvalue weighted by atomic mass is 79.9. The Morgan fingerprint density at radius 1 is 1.35 bits per heavy atom. The number of methoxy groups -OCH3 is 1. The first kappa shape index (κ1) is 14.2. The molecule has 0 fully saturated rings. The third-order valence-corrected chi connectivity index (χ3v) is 2.69. The zero-order valence-corrected chi connectivity index (χ0v) is 11.2. The van der Waals surface area contributed by atoms with Crippen molar-refractivity contribution in [3.63, 3.8) is 0 Å². The fourth-order valence-corrected chi connectivity index (χ4v) is 1.58. The number of hydrogen-bond donors (Lipinski definition) is 2. The predicted octanol–water partition coefficient (Wildman–Crippen LogP) is 2.25. The van der Waals surface area contributed by atoms with E-state index in [-0.39, 0.29) is 5.82 Å². The first-order valence-electron chi connectivity index (χ1n) is 5.20. The summed E-state index contributed by atoms with van der Waals surface area (Å²) in [6.07, 6.45) is 0. The first-order valence-corrected chi connectivity index (χ1v) is 5.99. The van der Waals surface area contributed by atoms with E-state index in [1.807, 2.05) is 0 Å². The van der Waals surface area contributed by atoms with Crippen molar-refractivity contribution in [2.24, 2.45) is 0 Å². The molecule has 4 nitrogen and oxygen atoms in total. The van der Waals surface area contributed by atoms with Gasteiger partial charge >= 0.3 is 0 Å². The Morgan fingerprint density at radius 3 is 2.82 bits per heavy atom. The summed E-state index contributed by atoms with van der Waals surface area (Å²) in [5.74, 6) is -0.345. The van der Waals surface area contributed by atoms with Gasteiger partial charge in [-0.2, -0.15) is 0 Å². The number of nitrogens with two attached hydrogens (primary N) is 1. The van der Waals surface area contributed by atoms with Crippen LogP contribution in [0.5, 0.6) is 0 Å². The van der Waals surface area contributed by atoms with Crippen molar-refractivity contribution in [3.05, 3.63) is 22.4 Å². The Hall–Kier alpha value is -0.850. The zero-order chi connectivity index (χ0) is 12.7. The molecule has 0 radical (unpaired) electrons. The van der Waals surface area contributed by atoms with Crippen LogP contribution >= 0.6 is 15.9 Å². The lowest BCUT2D eigenvalue weighted by Gasteiger charge is -2.10. The Bertz CT molecular complexity index is 364. The summed E-state index contributed by atoms with van der Waals surface area (Å²) >= 11 is 3.07. The molecule has 96 valence electrons. The largest absolute Gasteiger partial charge is 0.397 e. The molecular weight excluding hydrogens is 291 g/mol. The van der Waals surface area contributed by atoms with E-state index in [9.17, 15) is 4.39 Å². The van der Waals surface area contributed by atoms with Gasteiger partial charge in [-0.3, -0.25) is 0 Å². The minimum Gasteiger partial charge on any atom is -0.397 e. The SMILES string of the molecule is COCCOCCNc1cc(F)c(Br)cc1N. The van der Waals surface area contributed by atoms with Crippen LogP contribution in [0, 0.1) is 5.82 Å². The van der Waals surface area contributed by atoms with E-state index < -0.39 is 0 Å². The molecule has 17 heavy (non-hydrogen) atoms. The molecule has 0 spiro atoms. The molecule has 0 heterocycles. The van der Waals surface area contributed by atoms with Crippen molar-refractivity contribution >= 4 is 27.3 Å². The smallest absolute Gasteiger partial charge is 0.139 e. The van der Waals surface area contributed by atoms with Crippen LogP contribution in [-0.4, -0.2) is 33.5 Å². The Kier molecular flexibility index (Phi) is 6.25. The molecule has 1 aromatic carbocycles. The van der Waals surface area contributed by atoms with Gasteiger partial charge in [0.15, 0.2) is 0 Å². The summed E-state index contributed by atoms with van der Waals surface area (Å²) in [6.45, 7) is 2.19. The molecule has 3 N–H and O–H groups in total. The number of anilines is 2. The molecule has 1 aromatic rings. The van der Waals surface area contributed by atoms with Crippen LogP contribution in [0.2, 0.25) is 0 Å². The number of halogens is 2. The van der Waals surface area contributed by atoms with Crippen LogP contribution < -0.4 is 11.1 Å². The quantitative estimate of drug-likeness (QED) is 0.599. The van der Waals surface area contributed by atoms with Crippen molar-refractivity contribution in [2.45, 2.75) is 0 Å². The molecule has 0 unspecified atom stereocenters. The summed E-state index contributed by atoms with van der Waals surface area (Å²) in [7, 11) is 1.62. The number of nitrogens with one attached hydrogen (secondary N) is 1. The number of ether oxygens (including phenoxy) is 2. The van der Waals surface area contributed by atoms with Gasteiger partial charge in [0.2, 0.25) is 0 Å². The van der Waals surface area contributed by atoms with Crippen LogP contribution in [-0.2, 0) is 9.47 Å². The van der Waals surface area contributed by atoms with Gasteiger partial charge in [-0.15, -0.1) is 0 Å². The van der Waals surface area contributed by atoms with Gasteiger partial charge in [0.05, 0.1) is 35.7 Å². The molecule has 0 bridgehead atoms. The average Bonchev–Trinajstić information content (AvgIpc) is 2.30. The minimum absolute atomic E-state index is 0.345. The van der Waals surface area contributed by atoms with E-state index in [4.69, 9.17) is 15.2 Å². The third kappa shape index (κ3) is 4.89. The molecule has 0 aliphatic carbocycles. The molecule has 0 saturated heterocycles. The highest BCUT2D eigenvalue weighted by Crippen LogP contribution is 2.26. The van der Waals surface area contributed by atoms with Crippen LogP contribution in [0.1, 0.15) is 0 Å². The van der Waals surface area contributed by atoms with E-state index >= 15 is 0 Å². The zero-order valence-electron chi connectivity index (χ0n) is 9.63. The molecule has 6 heteroatoms. The number of hydrogen-bond acceptors (Lipinski definition) is 4. The summed E-state index contributed by atoms with van der Waals surface area (Å²) in [6, 6.07) is 2.89. The topological polar surface area (TPSA) is 56.5 Å². The number of rotatable bonds is 7. The van der Waals surface area contributed by atoms with E-state index in [0.29, 0.717) is 42.2 Å². The highest BCUT2D eigenvalue weighted by molar-refractivity contribution is 9.10. The second-order valence-electron chi connectivity index (χ2n) is 3.39. The van der Waals surface area contributed by atoms with Gasteiger partial charge < -0.3 is 20.5 Å². The van der Waals surface area contributed by atoms with Gasteiger partial charge in [0, 0.05) is 19.7 Å². The molecule has 0 amide bonds. The van der Waals surface area contributed by atoms with Crippen molar-refractivity contribution in [1.82, 2.24) is 0 Å². The molecule has 0 aliphatic heterocycles. The normalized spacial score (nSPS) is 10.5. The van der Waals surface area contributed by atoms with Crippen LogP contribution in [0.3, 0.4) is 0 Å². The molecule has 1 rings (SSSR count). The van der Waals surface area contributed by atoms with Crippen LogP contribution in [0.15, 0.2) is 16.6 Å². The van der Waals surface area contributed by atoms with Crippen molar-refractivity contribution in [3.8, 4) is 0 Å². The fourth-order valence-electron chi connectivity index (χ4n) is 1.22. The highest BCUT2D eigenvalue weighted by Gasteiger charge is 2.05. The maximum atomic E-state index is 13.2. The molecular formula is C11H16BrFN2O2. The monoisotopic (exact) mass is 306 g/mol. The Balaban J connectivity index is 2.34. The van der Waals surface area contributed by atoms with Crippen molar-refractivity contribution < 1.29 is 13.9 Å². The first-order chi connectivity index (χ1) is 8.15. The molecule has 0 aliphatic rings. The van der Waals surface area contributed by atoms with Gasteiger partial charge in [0.1, 0.15) is 5.82 Å². The lowest BCUT2D eigenvalue weighted by molar-refractivity contribution is 0.0759. The van der Waals surface area contributed by atoms with Crippen molar-refractivity contribution in [2.75, 3.05) is 44.5 Å². The van der Waals surface area contributed by atoms with Gasteiger partial charge in [-0.25, -0.2) is 4.39 Å². The standard InChI is InChI=1S/C11H16BrFN2O2/c1-16-4-5-17-3-2-15-11-7-9(13)8(12)6-10(11)14/h6-7,15H,2-5,14H2,1H3. The van der Waals surface area contributed by atoms with Gasteiger partial charge in [0.25, 0.3) is 0 Å². The van der Waals surface area contributed by atoms with Crippen molar-refractivity contribution in [1.29, 1.82) is 0 Å². The third-order valence-electron chi connectivity index (χ3n) is 2.09. The number of nitrogen functional groups attached to an aromatic ring is 1. The Labute approximate surface area is 108 Å². The molecule has 0 saturated carbocycles. The van der Waals surface area contributed by atoms with E-state index in [0.717, 1.165) is 0 Å². The molecule has 0 atom stereocenters. The lowest BCUT2D eigenvalue weighted by Crippen LogP contribution is -2.13. The van der Waals surface area contributed by atoms with Crippen LogP contribution in [0.25, 0.3) is 0 Å². The van der Waals surface area contributed by atoms with Gasteiger partial charge in [-0.1, -0.05) is 0 Å². The Morgan fingerprint density at radius 2 is 2.12 bits per heavy atom. The molecule has 0 aromatic heterocycles. The fraction of sp³-hybridized carbons (Fsp3) is 0.455. The van der Waals surface area contributed by atoms with Gasteiger partial charge in [-0.05, 0) is 22.0 Å². The predicted molar refractivity (Wildman–Crippen MR) is 69.7 cm³/mol. The van der Waals surface area contributed by atoms with E-state index in [1.165, 1.54) is 12.1 Å². The summed E-state index contributed by atoms with van der Waals surface area (Å²) in [5.41, 5.74) is 6.80. The lowest BCUT2D eigenvalue weighted by atomic mass is 10.2. The maximum Gasteiger partial charge on any atom is 0.139 e. The second kappa shape index (κ2) is 7.47. The summed E-state index contributed by atoms with van der Waals surface area (Å²) in [4.78, 5) is 0. The van der Waals surface area contributed by atoms with E-state index in [2.05, 4.69) is 21.2 Å². The van der Waals surface area contributed by atoms with E-state index in [1.54, 1.807) is 7.11 Å². The van der Waals surface area contributed by atoms with Crippen LogP contribution in [0.4, 0.5) is 15.8 Å².